The Morgan fingerprint density at radius 1 is 1.78 bits per heavy atom. The molecular weight excluding hydrogens is 188 g/mol. The highest BCUT2D eigenvalue weighted by Gasteiger charge is 2.30. The summed E-state index contributed by atoms with van der Waals surface area (Å²) in [5.74, 6) is -1.23. The summed E-state index contributed by atoms with van der Waals surface area (Å²) in [7, 11) is 0. The average molecular weight is 197 g/mol. The fourth-order valence-electron chi connectivity index (χ4n) is 0.438. The Morgan fingerprint density at radius 2 is 2.22 bits per heavy atom. The van der Waals surface area contributed by atoms with Gasteiger partial charge in [-0.1, -0.05) is 13.3 Å². The second-order valence-corrected chi connectivity index (χ2v) is 3.13. The Morgan fingerprint density at radius 3 is 2.33 bits per heavy atom. The highest BCUT2D eigenvalue weighted by atomic mass is 79.9. The van der Waals surface area contributed by atoms with Gasteiger partial charge in [0.25, 0.3) is 0 Å². The van der Waals surface area contributed by atoms with Crippen molar-refractivity contribution in [2.75, 3.05) is 0 Å². The lowest BCUT2D eigenvalue weighted by Crippen LogP contribution is -2.30. The fraction of sp³-hybridized carbons (Fsp3) is 0.800. The molecule has 0 spiro atoms. The Kier molecular flexibility index (Phi) is 3.14. The van der Waals surface area contributed by atoms with Gasteiger partial charge in [-0.3, -0.25) is 0 Å². The maximum atomic E-state index is 10.1. The minimum atomic E-state index is -1.72. The quantitative estimate of drug-likeness (QED) is 0.662. The summed E-state index contributed by atoms with van der Waals surface area (Å²) in [5.41, 5.74) is 0. The number of alkyl halides is 1. The summed E-state index contributed by atoms with van der Waals surface area (Å²) >= 11 is 2.66. The van der Waals surface area contributed by atoms with Crippen molar-refractivity contribution < 1.29 is 15.0 Å². The monoisotopic (exact) mass is 196 g/mol. The summed E-state index contributed by atoms with van der Waals surface area (Å²) in [5, 5.41) is 17.2. The van der Waals surface area contributed by atoms with Gasteiger partial charge in [-0.05, 0) is 22.4 Å². The van der Waals surface area contributed by atoms with E-state index in [-0.39, 0.29) is 6.42 Å². The first-order valence-electron chi connectivity index (χ1n) is 2.65. The van der Waals surface area contributed by atoms with Crippen LogP contribution >= 0.6 is 15.9 Å². The van der Waals surface area contributed by atoms with Gasteiger partial charge in [-0.15, -0.1) is 0 Å². The molecule has 0 aromatic carbocycles. The lowest BCUT2D eigenvalue weighted by Gasteiger charge is -2.12. The third-order valence-corrected chi connectivity index (χ3v) is 1.64. The van der Waals surface area contributed by atoms with Gasteiger partial charge in [0.1, 0.15) is 0 Å². The minimum absolute atomic E-state index is 0.225. The molecule has 3 nitrogen and oxygen atoms in total. The van der Waals surface area contributed by atoms with E-state index < -0.39 is 10.5 Å². The number of halogens is 1. The van der Waals surface area contributed by atoms with Crippen LogP contribution in [-0.2, 0) is 4.79 Å². The molecule has 1 atom stereocenters. The maximum absolute atomic E-state index is 10.1. The first-order valence-corrected chi connectivity index (χ1v) is 3.44. The van der Waals surface area contributed by atoms with Crippen LogP contribution < -0.4 is 0 Å². The molecule has 0 aromatic rings. The zero-order chi connectivity index (χ0) is 7.49. The normalized spacial score (nSPS) is 16.8. The van der Waals surface area contributed by atoms with Crippen LogP contribution in [0.3, 0.4) is 0 Å². The molecule has 54 valence electrons. The van der Waals surface area contributed by atoms with E-state index in [1.165, 1.54) is 0 Å². The van der Waals surface area contributed by atoms with Crippen LogP contribution in [0.2, 0.25) is 0 Å². The van der Waals surface area contributed by atoms with Gasteiger partial charge >= 0.3 is 5.97 Å². The summed E-state index contributed by atoms with van der Waals surface area (Å²) in [6, 6.07) is 0. The largest absolute Gasteiger partial charge is 0.478 e. The SMILES string of the molecule is CCCC(O)(Br)C(=O)O. The number of carbonyl (C=O) groups is 1. The van der Waals surface area contributed by atoms with Gasteiger partial charge in [0.15, 0.2) is 0 Å². The van der Waals surface area contributed by atoms with Crippen LogP contribution in [0.15, 0.2) is 0 Å². The van der Waals surface area contributed by atoms with E-state index in [0.29, 0.717) is 6.42 Å². The number of carboxylic acids is 1. The molecule has 0 aliphatic heterocycles. The standard InChI is InChI=1S/C5H9BrO3/c1-2-3-5(6,9)4(7)8/h9H,2-3H2,1H3,(H,7,8). The van der Waals surface area contributed by atoms with Gasteiger partial charge in [0.2, 0.25) is 4.51 Å². The smallest absolute Gasteiger partial charge is 0.347 e. The van der Waals surface area contributed by atoms with E-state index in [0.717, 1.165) is 0 Å². The lowest BCUT2D eigenvalue weighted by molar-refractivity contribution is -0.149. The second kappa shape index (κ2) is 3.17. The summed E-state index contributed by atoms with van der Waals surface area (Å²) in [6.07, 6.45) is 0.858. The van der Waals surface area contributed by atoms with Gasteiger partial charge in [-0.25, -0.2) is 4.79 Å². The molecule has 9 heavy (non-hydrogen) atoms. The molecule has 4 heteroatoms. The summed E-state index contributed by atoms with van der Waals surface area (Å²) in [4.78, 5) is 10.1. The molecule has 0 aliphatic carbocycles. The van der Waals surface area contributed by atoms with Crippen molar-refractivity contribution in [2.45, 2.75) is 24.3 Å². The Bertz CT molecular complexity index is 111. The van der Waals surface area contributed by atoms with Crippen LogP contribution in [0.4, 0.5) is 0 Å². The van der Waals surface area contributed by atoms with Gasteiger partial charge in [0.05, 0.1) is 0 Å². The van der Waals surface area contributed by atoms with Crippen LogP contribution in [0.1, 0.15) is 19.8 Å². The number of aliphatic hydroxyl groups is 1. The van der Waals surface area contributed by atoms with Gasteiger partial charge < -0.3 is 10.2 Å². The number of hydrogen-bond acceptors (Lipinski definition) is 2. The molecule has 0 aliphatic rings. The molecule has 0 radical (unpaired) electrons. The van der Waals surface area contributed by atoms with E-state index >= 15 is 0 Å². The third kappa shape index (κ3) is 2.81. The maximum Gasteiger partial charge on any atom is 0.347 e. The summed E-state index contributed by atoms with van der Waals surface area (Å²) < 4.78 is -1.72. The molecule has 0 aromatic heterocycles. The molecule has 0 saturated heterocycles. The first kappa shape index (κ1) is 8.91. The van der Waals surface area contributed by atoms with Crippen molar-refractivity contribution in [3.63, 3.8) is 0 Å². The van der Waals surface area contributed by atoms with E-state index in [1.807, 2.05) is 0 Å². The molecule has 0 amide bonds. The molecule has 1 unspecified atom stereocenters. The predicted molar refractivity (Wildman–Crippen MR) is 36.4 cm³/mol. The number of aliphatic carboxylic acids is 1. The van der Waals surface area contributed by atoms with Crippen molar-refractivity contribution in [1.82, 2.24) is 0 Å². The fourth-order valence-corrected chi connectivity index (χ4v) is 0.835. The van der Waals surface area contributed by atoms with E-state index in [1.54, 1.807) is 6.92 Å². The molecule has 0 fully saturated rings. The van der Waals surface area contributed by atoms with Crippen LogP contribution in [0.5, 0.6) is 0 Å². The zero-order valence-electron chi connectivity index (χ0n) is 5.09. The minimum Gasteiger partial charge on any atom is -0.478 e. The number of hydrogen-bond donors (Lipinski definition) is 2. The predicted octanol–water partition coefficient (Wildman–Crippen LogP) is 0.955. The van der Waals surface area contributed by atoms with Crippen molar-refractivity contribution in [3.05, 3.63) is 0 Å². The van der Waals surface area contributed by atoms with Crippen LogP contribution in [0.25, 0.3) is 0 Å². The van der Waals surface area contributed by atoms with Gasteiger partial charge in [0, 0.05) is 0 Å². The summed E-state index contributed by atoms with van der Waals surface area (Å²) in [6.45, 7) is 1.80. The highest BCUT2D eigenvalue weighted by molar-refractivity contribution is 9.10. The molecule has 0 bridgehead atoms. The average Bonchev–Trinajstić information content (AvgIpc) is 1.65. The van der Waals surface area contributed by atoms with Crippen LogP contribution in [0, 0.1) is 0 Å². The molecular formula is C5H9BrO3. The van der Waals surface area contributed by atoms with E-state index in [4.69, 9.17) is 10.2 Å². The first-order chi connectivity index (χ1) is 4.00. The number of carboxylic acid groups (broad SMARTS) is 1. The zero-order valence-corrected chi connectivity index (χ0v) is 6.68. The Balaban J connectivity index is 3.85. The Labute approximate surface area is 61.8 Å². The molecule has 2 N–H and O–H groups in total. The van der Waals surface area contributed by atoms with Gasteiger partial charge in [-0.2, -0.15) is 0 Å². The molecule has 0 rings (SSSR count). The van der Waals surface area contributed by atoms with E-state index in [2.05, 4.69) is 15.9 Å². The van der Waals surface area contributed by atoms with Crippen LogP contribution in [-0.4, -0.2) is 20.7 Å². The number of rotatable bonds is 3. The van der Waals surface area contributed by atoms with Crippen molar-refractivity contribution in [1.29, 1.82) is 0 Å². The second-order valence-electron chi connectivity index (χ2n) is 1.81. The highest BCUT2D eigenvalue weighted by Crippen LogP contribution is 2.20. The molecule has 0 saturated carbocycles. The molecule has 0 heterocycles. The van der Waals surface area contributed by atoms with Crippen molar-refractivity contribution in [3.8, 4) is 0 Å². The lowest BCUT2D eigenvalue weighted by atomic mass is 10.2. The topological polar surface area (TPSA) is 57.5 Å². The van der Waals surface area contributed by atoms with Crippen molar-refractivity contribution in [2.24, 2.45) is 0 Å². The third-order valence-electron chi connectivity index (χ3n) is 0.909. The van der Waals surface area contributed by atoms with Crippen molar-refractivity contribution >= 4 is 21.9 Å². The Hall–Kier alpha value is -0.0900. The van der Waals surface area contributed by atoms with E-state index in [9.17, 15) is 4.79 Å².